The third kappa shape index (κ3) is 7.17. The highest BCUT2D eigenvalue weighted by atomic mass is 19.4. The molecule has 0 atom stereocenters. The maximum absolute atomic E-state index is 12.6. The molecule has 2 heterocycles. The van der Waals surface area contributed by atoms with E-state index in [1.165, 1.54) is 17.7 Å². The number of benzene rings is 2. The number of hydrogen-bond acceptors (Lipinski definition) is 6. The van der Waals surface area contributed by atoms with E-state index in [0.29, 0.717) is 19.6 Å². The highest BCUT2D eigenvalue weighted by Gasteiger charge is 2.30. The molecule has 1 fully saturated rings. The molecule has 3 aromatic rings. The fraction of sp³-hybridized carbons (Fsp3) is 0.346. The van der Waals surface area contributed by atoms with Crippen molar-refractivity contribution in [3.05, 3.63) is 83.7 Å². The molecule has 36 heavy (non-hydrogen) atoms. The molecule has 0 spiro atoms. The summed E-state index contributed by atoms with van der Waals surface area (Å²) in [6.45, 7) is 5.29. The van der Waals surface area contributed by atoms with Crippen LogP contribution in [-0.2, 0) is 12.7 Å². The number of anilines is 1. The Morgan fingerprint density at radius 1 is 0.944 bits per heavy atom. The van der Waals surface area contributed by atoms with E-state index in [2.05, 4.69) is 25.1 Å². The summed E-state index contributed by atoms with van der Waals surface area (Å²) >= 11 is 0. The van der Waals surface area contributed by atoms with E-state index < -0.39 is 17.6 Å². The molecule has 0 bridgehead atoms. The van der Waals surface area contributed by atoms with Crippen LogP contribution < -0.4 is 15.0 Å². The third-order valence-corrected chi connectivity index (χ3v) is 5.89. The highest BCUT2D eigenvalue weighted by molar-refractivity contribution is 5.94. The average molecular weight is 500 g/mol. The van der Waals surface area contributed by atoms with Gasteiger partial charge in [0.2, 0.25) is 5.95 Å². The molecular weight excluding hydrogens is 471 g/mol. The van der Waals surface area contributed by atoms with E-state index in [1.807, 2.05) is 30.3 Å². The molecule has 0 radical (unpaired) electrons. The van der Waals surface area contributed by atoms with Crippen LogP contribution >= 0.6 is 0 Å². The van der Waals surface area contributed by atoms with Gasteiger partial charge < -0.3 is 15.0 Å². The van der Waals surface area contributed by atoms with Gasteiger partial charge in [-0.15, -0.1) is 0 Å². The Hall–Kier alpha value is -3.66. The lowest BCUT2D eigenvalue weighted by atomic mass is 10.1. The number of nitrogens with zero attached hydrogens (tertiary/aromatic N) is 4. The summed E-state index contributed by atoms with van der Waals surface area (Å²) < 4.78 is 43.6. The second kappa shape index (κ2) is 11.9. The van der Waals surface area contributed by atoms with Crippen molar-refractivity contribution in [3.8, 4) is 5.75 Å². The van der Waals surface area contributed by atoms with Gasteiger partial charge >= 0.3 is 6.18 Å². The summed E-state index contributed by atoms with van der Waals surface area (Å²) in [5.74, 6) is 1.11. The van der Waals surface area contributed by atoms with Crippen molar-refractivity contribution in [2.24, 2.45) is 0 Å². The Balaban J connectivity index is 1.12. The summed E-state index contributed by atoms with van der Waals surface area (Å²) in [7, 11) is 0. The number of piperazine rings is 1. The molecule has 190 valence electrons. The molecule has 1 saturated heterocycles. The zero-order valence-corrected chi connectivity index (χ0v) is 19.7. The molecule has 2 aromatic carbocycles. The fourth-order valence-electron chi connectivity index (χ4n) is 3.89. The van der Waals surface area contributed by atoms with E-state index in [-0.39, 0.29) is 5.56 Å². The van der Waals surface area contributed by atoms with Crippen molar-refractivity contribution < 1.29 is 22.7 Å². The SMILES string of the molecule is O=C(NCCCOc1ccc(CN2CCN(c3ncccn3)CC2)cc1)c1ccc(C(F)(F)F)cc1. The number of aromatic nitrogens is 2. The Kier molecular flexibility index (Phi) is 8.37. The van der Waals surface area contributed by atoms with Gasteiger partial charge in [-0.05, 0) is 54.4 Å². The maximum atomic E-state index is 12.6. The van der Waals surface area contributed by atoms with Gasteiger partial charge in [0.15, 0.2) is 0 Å². The van der Waals surface area contributed by atoms with Gasteiger partial charge in [0, 0.05) is 57.2 Å². The highest BCUT2D eigenvalue weighted by Crippen LogP contribution is 2.29. The first kappa shape index (κ1) is 25.4. The minimum Gasteiger partial charge on any atom is -0.494 e. The predicted molar refractivity (Wildman–Crippen MR) is 130 cm³/mol. The first-order valence-corrected chi connectivity index (χ1v) is 11.8. The van der Waals surface area contributed by atoms with Crippen LogP contribution in [0.2, 0.25) is 0 Å². The number of hydrogen-bond donors (Lipinski definition) is 1. The van der Waals surface area contributed by atoms with Crippen molar-refractivity contribution in [1.82, 2.24) is 20.2 Å². The Labute approximate surface area is 207 Å². The van der Waals surface area contributed by atoms with E-state index in [9.17, 15) is 18.0 Å². The molecule has 1 aliphatic rings. The molecule has 0 saturated carbocycles. The molecule has 0 unspecified atom stereocenters. The fourth-order valence-corrected chi connectivity index (χ4v) is 3.89. The van der Waals surface area contributed by atoms with Crippen LogP contribution in [0.15, 0.2) is 67.0 Å². The molecule has 1 amide bonds. The van der Waals surface area contributed by atoms with E-state index in [0.717, 1.165) is 56.6 Å². The molecular formula is C26H28F3N5O2. The van der Waals surface area contributed by atoms with Crippen molar-refractivity contribution in [2.75, 3.05) is 44.2 Å². The number of amides is 1. The number of alkyl halides is 3. The predicted octanol–water partition coefficient (Wildman–Crippen LogP) is 4.02. The summed E-state index contributed by atoms with van der Waals surface area (Å²) in [5.41, 5.74) is 0.615. The van der Waals surface area contributed by atoms with Crippen LogP contribution in [0.1, 0.15) is 27.9 Å². The Bertz CT molecular complexity index is 1100. The van der Waals surface area contributed by atoms with E-state index >= 15 is 0 Å². The number of nitrogens with one attached hydrogen (secondary N) is 1. The van der Waals surface area contributed by atoms with E-state index in [4.69, 9.17) is 4.74 Å². The number of rotatable bonds is 9. The Morgan fingerprint density at radius 3 is 2.25 bits per heavy atom. The van der Waals surface area contributed by atoms with Gasteiger partial charge in [-0.3, -0.25) is 9.69 Å². The lowest BCUT2D eigenvalue weighted by Crippen LogP contribution is -2.46. The first-order valence-electron chi connectivity index (χ1n) is 11.8. The van der Waals surface area contributed by atoms with Gasteiger partial charge in [0.25, 0.3) is 5.91 Å². The largest absolute Gasteiger partial charge is 0.494 e. The van der Waals surface area contributed by atoms with Crippen molar-refractivity contribution >= 4 is 11.9 Å². The number of carbonyl (C=O) groups is 1. The second-order valence-electron chi connectivity index (χ2n) is 8.49. The van der Waals surface area contributed by atoms with Crippen LogP contribution in [-0.4, -0.2) is 60.1 Å². The summed E-state index contributed by atoms with van der Waals surface area (Å²) in [4.78, 5) is 25.3. The summed E-state index contributed by atoms with van der Waals surface area (Å²) in [6.07, 6.45) is -0.322. The molecule has 0 aliphatic carbocycles. The molecule has 1 aromatic heterocycles. The molecule has 1 aliphatic heterocycles. The van der Waals surface area contributed by atoms with Crippen LogP contribution in [0.5, 0.6) is 5.75 Å². The smallest absolute Gasteiger partial charge is 0.416 e. The molecule has 1 N–H and O–H groups in total. The van der Waals surface area contributed by atoms with Crippen molar-refractivity contribution in [1.29, 1.82) is 0 Å². The quantitative estimate of drug-likeness (QED) is 0.449. The number of ether oxygens (including phenoxy) is 1. The standard InChI is InChI=1S/C26H28F3N5O2/c27-26(28,29)22-7-5-21(6-8-22)24(35)30-13-2-18-36-23-9-3-20(4-10-23)19-33-14-16-34(17-15-33)25-31-11-1-12-32-25/h1,3-12H,2,13-19H2,(H,30,35). The number of halogens is 3. The lowest BCUT2D eigenvalue weighted by molar-refractivity contribution is -0.137. The third-order valence-electron chi connectivity index (χ3n) is 5.89. The molecule has 10 heteroatoms. The molecule has 4 rings (SSSR count). The zero-order valence-electron chi connectivity index (χ0n) is 19.7. The summed E-state index contributed by atoms with van der Waals surface area (Å²) in [6, 6.07) is 13.9. The normalized spacial score (nSPS) is 14.5. The maximum Gasteiger partial charge on any atom is 0.416 e. The Morgan fingerprint density at radius 2 is 1.61 bits per heavy atom. The number of carbonyl (C=O) groups excluding carboxylic acids is 1. The van der Waals surface area contributed by atoms with Crippen molar-refractivity contribution in [3.63, 3.8) is 0 Å². The topological polar surface area (TPSA) is 70.6 Å². The van der Waals surface area contributed by atoms with Crippen LogP contribution in [0.25, 0.3) is 0 Å². The van der Waals surface area contributed by atoms with E-state index in [1.54, 1.807) is 12.4 Å². The van der Waals surface area contributed by atoms with Gasteiger partial charge in [-0.2, -0.15) is 13.2 Å². The lowest BCUT2D eigenvalue weighted by Gasteiger charge is -2.34. The van der Waals surface area contributed by atoms with Crippen LogP contribution in [0.3, 0.4) is 0 Å². The van der Waals surface area contributed by atoms with Gasteiger partial charge in [0.1, 0.15) is 5.75 Å². The molecule has 7 nitrogen and oxygen atoms in total. The minimum atomic E-state index is -4.42. The van der Waals surface area contributed by atoms with Gasteiger partial charge in [0.05, 0.1) is 12.2 Å². The average Bonchev–Trinajstić information content (AvgIpc) is 2.90. The zero-order chi connectivity index (χ0) is 25.4. The van der Waals surface area contributed by atoms with Crippen LogP contribution in [0.4, 0.5) is 19.1 Å². The monoisotopic (exact) mass is 499 g/mol. The van der Waals surface area contributed by atoms with Crippen molar-refractivity contribution in [2.45, 2.75) is 19.1 Å². The van der Waals surface area contributed by atoms with Gasteiger partial charge in [-0.25, -0.2) is 9.97 Å². The minimum absolute atomic E-state index is 0.189. The first-order chi connectivity index (χ1) is 17.4. The van der Waals surface area contributed by atoms with Gasteiger partial charge in [-0.1, -0.05) is 12.1 Å². The van der Waals surface area contributed by atoms with Crippen LogP contribution in [0, 0.1) is 0 Å². The summed E-state index contributed by atoms with van der Waals surface area (Å²) in [5, 5.41) is 2.69. The second-order valence-corrected chi connectivity index (χ2v) is 8.49.